The maximum absolute atomic E-state index is 12.4. The monoisotopic (exact) mass is 405 g/mol. The van der Waals surface area contributed by atoms with Crippen molar-refractivity contribution in [2.45, 2.75) is 19.8 Å². The summed E-state index contributed by atoms with van der Waals surface area (Å²) in [6.07, 6.45) is 1.64. The standard InChI is InChI=1S/C19H16ClNO5S/c1-11-4-5-12(9-14(11)20)15-7-6-13(26-15)10-16-18(24)21(19(25)27-16)8-2-3-17(22)23/h4-7,9-10H,2-3,8H2,1H3,(H,22,23)/b16-10+. The molecule has 27 heavy (non-hydrogen) atoms. The first kappa shape index (κ1) is 19.3. The topological polar surface area (TPSA) is 87.8 Å². The van der Waals surface area contributed by atoms with Crippen LogP contribution in [0.15, 0.2) is 39.7 Å². The molecule has 1 aliphatic heterocycles. The van der Waals surface area contributed by atoms with Crippen molar-refractivity contribution in [3.63, 3.8) is 0 Å². The van der Waals surface area contributed by atoms with Crippen molar-refractivity contribution in [3.05, 3.63) is 51.6 Å². The second-order valence-electron chi connectivity index (χ2n) is 6.00. The maximum Gasteiger partial charge on any atom is 0.303 e. The fourth-order valence-electron chi connectivity index (χ4n) is 2.54. The number of halogens is 1. The summed E-state index contributed by atoms with van der Waals surface area (Å²) in [7, 11) is 0. The summed E-state index contributed by atoms with van der Waals surface area (Å²) in [6, 6.07) is 9.06. The number of imide groups is 1. The Bertz CT molecular complexity index is 949. The Labute approximate surface area is 164 Å². The number of amides is 2. The van der Waals surface area contributed by atoms with E-state index >= 15 is 0 Å². The number of aryl methyl sites for hydroxylation is 1. The van der Waals surface area contributed by atoms with Gasteiger partial charge < -0.3 is 9.52 Å². The number of carboxylic acid groups (broad SMARTS) is 1. The molecular weight excluding hydrogens is 390 g/mol. The molecule has 1 N–H and O–H groups in total. The lowest BCUT2D eigenvalue weighted by Gasteiger charge is -2.10. The Morgan fingerprint density at radius 2 is 2.07 bits per heavy atom. The maximum atomic E-state index is 12.4. The summed E-state index contributed by atoms with van der Waals surface area (Å²) in [6.45, 7) is 1.99. The van der Waals surface area contributed by atoms with Crippen molar-refractivity contribution < 1.29 is 23.9 Å². The molecule has 3 rings (SSSR count). The van der Waals surface area contributed by atoms with Crippen molar-refractivity contribution in [3.8, 4) is 11.3 Å². The summed E-state index contributed by atoms with van der Waals surface area (Å²) in [5.41, 5.74) is 1.77. The van der Waals surface area contributed by atoms with E-state index in [1.165, 1.54) is 6.08 Å². The Morgan fingerprint density at radius 1 is 1.30 bits per heavy atom. The minimum absolute atomic E-state index is 0.0829. The summed E-state index contributed by atoms with van der Waals surface area (Å²) < 4.78 is 5.75. The highest BCUT2D eigenvalue weighted by molar-refractivity contribution is 8.18. The van der Waals surface area contributed by atoms with E-state index < -0.39 is 17.1 Å². The van der Waals surface area contributed by atoms with Crippen LogP contribution >= 0.6 is 23.4 Å². The fraction of sp³-hybridized carbons (Fsp3) is 0.211. The highest BCUT2D eigenvalue weighted by Gasteiger charge is 2.34. The largest absolute Gasteiger partial charge is 0.481 e. The van der Waals surface area contributed by atoms with Crippen LogP contribution in [-0.4, -0.2) is 33.7 Å². The van der Waals surface area contributed by atoms with Crippen molar-refractivity contribution in [1.82, 2.24) is 4.90 Å². The summed E-state index contributed by atoms with van der Waals surface area (Å²) in [5.74, 6) is -0.356. The quantitative estimate of drug-likeness (QED) is 0.694. The molecule has 0 radical (unpaired) electrons. The molecule has 0 atom stereocenters. The number of carboxylic acids is 1. The van der Waals surface area contributed by atoms with Crippen LogP contribution in [-0.2, 0) is 9.59 Å². The minimum atomic E-state index is -0.961. The first-order valence-corrected chi connectivity index (χ1v) is 9.38. The van der Waals surface area contributed by atoms with Gasteiger partial charge in [-0.15, -0.1) is 0 Å². The number of nitrogens with zero attached hydrogens (tertiary/aromatic N) is 1. The van der Waals surface area contributed by atoms with Gasteiger partial charge in [-0.25, -0.2) is 0 Å². The van der Waals surface area contributed by atoms with E-state index in [-0.39, 0.29) is 24.3 Å². The minimum Gasteiger partial charge on any atom is -0.481 e. The molecule has 6 nitrogen and oxygen atoms in total. The van der Waals surface area contributed by atoms with Crippen molar-refractivity contribution in [2.75, 3.05) is 6.54 Å². The Morgan fingerprint density at radius 3 is 2.78 bits per heavy atom. The van der Waals surface area contributed by atoms with Crippen LogP contribution < -0.4 is 0 Å². The predicted molar refractivity (Wildman–Crippen MR) is 103 cm³/mol. The van der Waals surface area contributed by atoms with Crippen LogP contribution in [0.1, 0.15) is 24.2 Å². The highest BCUT2D eigenvalue weighted by atomic mass is 35.5. The SMILES string of the molecule is Cc1ccc(-c2ccc(/C=C3/SC(=O)N(CCCC(=O)O)C3=O)o2)cc1Cl. The molecule has 0 spiro atoms. The molecule has 140 valence electrons. The number of hydrogen-bond acceptors (Lipinski definition) is 5. The number of benzene rings is 1. The zero-order valence-corrected chi connectivity index (χ0v) is 16.0. The van der Waals surface area contributed by atoms with E-state index in [4.69, 9.17) is 21.1 Å². The number of thioether (sulfide) groups is 1. The first-order chi connectivity index (χ1) is 12.8. The normalized spacial score (nSPS) is 15.8. The predicted octanol–water partition coefficient (Wildman–Crippen LogP) is 4.81. The number of carbonyl (C=O) groups excluding carboxylic acids is 2. The summed E-state index contributed by atoms with van der Waals surface area (Å²) in [4.78, 5) is 36.2. The van der Waals surface area contributed by atoms with Gasteiger partial charge >= 0.3 is 5.97 Å². The van der Waals surface area contributed by atoms with Crippen molar-refractivity contribution >= 4 is 46.6 Å². The van der Waals surface area contributed by atoms with Gasteiger partial charge in [0.15, 0.2) is 0 Å². The van der Waals surface area contributed by atoms with E-state index in [0.29, 0.717) is 16.5 Å². The number of carbonyl (C=O) groups is 3. The van der Waals surface area contributed by atoms with Gasteiger partial charge in [0.05, 0.1) is 4.91 Å². The first-order valence-electron chi connectivity index (χ1n) is 8.18. The second-order valence-corrected chi connectivity index (χ2v) is 7.40. The molecule has 2 heterocycles. The average molecular weight is 406 g/mol. The third kappa shape index (κ3) is 4.43. The molecule has 2 aromatic rings. The van der Waals surface area contributed by atoms with Crippen LogP contribution in [0.25, 0.3) is 17.4 Å². The summed E-state index contributed by atoms with van der Waals surface area (Å²) >= 11 is 6.95. The fourth-order valence-corrected chi connectivity index (χ4v) is 3.57. The zero-order valence-electron chi connectivity index (χ0n) is 14.4. The van der Waals surface area contributed by atoms with E-state index in [9.17, 15) is 14.4 Å². The molecule has 1 fully saturated rings. The molecule has 1 aromatic heterocycles. The van der Waals surface area contributed by atoms with Gasteiger partial charge in [-0.1, -0.05) is 23.7 Å². The van der Waals surface area contributed by atoms with Crippen molar-refractivity contribution in [1.29, 1.82) is 0 Å². The molecule has 2 amide bonds. The molecule has 0 unspecified atom stereocenters. The van der Waals surface area contributed by atoms with Crippen molar-refractivity contribution in [2.24, 2.45) is 0 Å². The molecule has 0 aliphatic carbocycles. The van der Waals surface area contributed by atoms with E-state index in [0.717, 1.165) is 27.8 Å². The molecule has 1 aromatic carbocycles. The third-order valence-corrected chi connectivity index (χ3v) is 5.32. The lowest BCUT2D eigenvalue weighted by Crippen LogP contribution is -2.29. The van der Waals surface area contributed by atoms with Gasteiger partial charge in [-0.05, 0) is 48.9 Å². The highest BCUT2D eigenvalue weighted by Crippen LogP contribution is 2.34. The van der Waals surface area contributed by atoms with Gasteiger partial charge in [0.2, 0.25) is 0 Å². The van der Waals surface area contributed by atoms with E-state index in [2.05, 4.69) is 0 Å². The molecule has 8 heteroatoms. The van der Waals surface area contributed by atoms with Gasteiger partial charge in [0, 0.05) is 29.6 Å². The molecule has 1 saturated heterocycles. The molecular formula is C19H16ClNO5S. The van der Waals surface area contributed by atoms with Gasteiger partial charge in [-0.2, -0.15) is 0 Å². The Balaban J connectivity index is 1.74. The molecule has 0 bridgehead atoms. The number of furan rings is 1. The van der Waals surface area contributed by atoms with Gasteiger partial charge in [0.1, 0.15) is 11.5 Å². The number of aliphatic carboxylic acids is 1. The third-order valence-electron chi connectivity index (χ3n) is 4.00. The molecule has 0 saturated carbocycles. The van der Waals surface area contributed by atoms with Crippen LogP contribution in [0.2, 0.25) is 5.02 Å². The smallest absolute Gasteiger partial charge is 0.303 e. The average Bonchev–Trinajstić information content (AvgIpc) is 3.17. The van der Waals surface area contributed by atoms with Crippen LogP contribution in [0.5, 0.6) is 0 Å². The molecule has 1 aliphatic rings. The van der Waals surface area contributed by atoms with Crippen LogP contribution in [0.4, 0.5) is 4.79 Å². The Hall–Kier alpha value is -2.51. The van der Waals surface area contributed by atoms with Gasteiger partial charge in [0.25, 0.3) is 11.1 Å². The van der Waals surface area contributed by atoms with Crippen LogP contribution in [0.3, 0.4) is 0 Å². The van der Waals surface area contributed by atoms with Gasteiger partial charge in [-0.3, -0.25) is 19.3 Å². The number of hydrogen-bond donors (Lipinski definition) is 1. The number of rotatable bonds is 6. The Kier molecular flexibility index (Phi) is 5.72. The van der Waals surface area contributed by atoms with E-state index in [1.807, 2.05) is 19.1 Å². The zero-order chi connectivity index (χ0) is 19.6. The second kappa shape index (κ2) is 8.02. The van der Waals surface area contributed by atoms with E-state index in [1.54, 1.807) is 18.2 Å². The lowest BCUT2D eigenvalue weighted by atomic mass is 10.1. The lowest BCUT2D eigenvalue weighted by molar-refractivity contribution is -0.137. The van der Waals surface area contributed by atoms with Crippen LogP contribution in [0, 0.1) is 6.92 Å². The summed E-state index contributed by atoms with van der Waals surface area (Å²) in [5, 5.41) is 8.89.